The molecule has 1 aromatic heterocycles. The minimum absolute atomic E-state index is 0.0236. The zero-order chi connectivity index (χ0) is 25.9. The van der Waals surface area contributed by atoms with Crippen molar-refractivity contribution in [3.63, 3.8) is 0 Å². The van der Waals surface area contributed by atoms with Gasteiger partial charge in [0, 0.05) is 47.6 Å². The van der Waals surface area contributed by atoms with E-state index in [9.17, 15) is 13.6 Å². The molecule has 12 heteroatoms. The molecule has 1 amide bonds. The van der Waals surface area contributed by atoms with E-state index in [1.54, 1.807) is 29.2 Å². The molecule has 0 aliphatic carbocycles. The van der Waals surface area contributed by atoms with E-state index in [0.717, 1.165) is 5.56 Å². The largest absolute Gasteiger partial charge is 0.327 e. The van der Waals surface area contributed by atoms with Crippen molar-refractivity contribution in [3.05, 3.63) is 52.8 Å². The standard InChI is InChI=1S/C24H25ClF3N5O2S/c1-15(29)13-36-21-11-19(26)18(10-20(21)33(14-34)12-16-2-4-17(25)5-3-16)22-30-23(35-31-22)32-8-6-24(27,28)7-9-32/h2-5,10-11,14-15H,6-9,12-13,29H2,1H3/t15-/m1/s1. The lowest BCUT2D eigenvalue weighted by atomic mass is 10.1. The number of thioether (sulfide) groups is 1. The van der Waals surface area contributed by atoms with Crippen molar-refractivity contribution in [3.8, 4) is 11.4 Å². The first-order chi connectivity index (χ1) is 17.1. The summed E-state index contributed by atoms with van der Waals surface area (Å²) in [7, 11) is 0. The molecule has 36 heavy (non-hydrogen) atoms. The third-order valence-electron chi connectivity index (χ3n) is 5.67. The average molecular weight is 540 g/mol. The lowest BCUT2D eigenvalue weighted by Crippen LogP contribution is -2.39. The van der Waals surface area contributed by atoms with Gasteiger partial charge in [-0.05, 0) is 36.8 Å². The van der Waals surface area contributed by atoms with Crippen LogP contribution in [0.25, 0.3) is 11.4 Å². The Kier molecular flexibility index (Phi) is 8.11. The summed E-state index contributed by atoms with van der Waals surface area (Å²) in [6.45, 7) is 2.15. The number of amides is 1. The smallest absolute Gasteiger partial charge is 0.324 e. The fourth-order valence-corrected chi connectivity index (χ4v) is 4.80. The van der Waals surface area contributed by atoms with Crippen LogP contribution in [-0.4, -0.2) is 47.4 Å². The van der Waals surface area contributed by atoms with E-state index >= 15 is 4.39 Å². The van der Waals surface area contributed by atoms with Gasteiger partial charge in [-0.3, -0.25) is 4.79 Å². The van der Waals surface area contributed by atoms with Crippen LogP contribution in [0.4, 0.5) is 24.9 Å². The molecule has 3 aromatic rings. The maximum absolute atomic E-state index is 15.2. The molecular weight excluding hydrogens is 515 g/mol. The van der Waals surface area contributed by atoms with Crippen LogP contribution < -0.4 is 15.5 Å². The highest BCUT2D eigenvalue weighted by atomic mass is 35.5. The van der Waals surface area contributed by atoms with Crippen LogP contribution in [0, 0.1) is 5.82 Å². The number of piperidine rings is 1. The molecule has 1 saturated heterocycles. The van der Waals surface area contributed by atoms with Gasteiger partial charge in [0.2, 0.25) is 12.2 Å². The summed E-state index contributed by atoms with van der Waals surface area (Å²) in [5.41, 5.74) is 7.19. The Bertz CT molecular complexity index is 1200. The highest BCUT2D eigenvalue weighted by Crippen LogP contribution is 2.37. The second-order valence-electron chi connectivity index (χ2n) is 8.69. The number of anilines is 2. The zero-order valence-electron chi connectivity index (χ0n) is 19.5. The number of halogens is 4. The van der Waals surface area contributed by atoms with E-state index in [2.05, 4.69) is 10.1 Å². The minimum atomic E-state index is -2.72. The topological polar surface area (TPSA) is 88.5 Å². The SMILES string of the molecule is C[C@@H](N)CSc1cc(F)c(-c2noc(N3CCC(F)(F)CC3)n2)cc1N(C=O)Cc1ccc(Cl)cc1. The number of rotatable bonds is 9. The molecule has 0 spiro atoms. The van der Waals surface area contributed by atoms with E-state index in [0.29, 0.717) is 27.8 Å². The summed E-state index contributed by atoms with van der Waals surface area (Å²) in [6.07, 6.45) is 0.0124. The Morgan fingerprint density at radius 2 is 1.97 bits per heavy atom. The first kappa shape index (κ1) is 26.3. The normalized spacial score (nSPS) is 16.1. The van der Waals surface area contributed by atoms with Crippen LogP contribution in [0.15, 0.2) is 45.8 Å². The quantitative estimate of drug-likeness (QED) is 0.289. The van der Waals surface area contributed by atoms with Crippen molar-refractivity contribution < 1.29 is 22.5 Å². The van der Waals surface area contributed by atoms with Crippen molar-refractivity contribution >= 4 is 41.5 Å². The van der Waals surface area contributed by atoms with E-state index < -0.39 is 11.7 Å². The molecule has 1 aliphatic heterocycles. The highest BCUT2D eigenvalue weighted by molar-refractivity contribution is 7.99. The van der Waals surface area contributed by atoms with Crippen LogP contribution in [-0.2, 0) is 11.3 Å². The fraction of sp³-hybridized carbons (Fsp3) is 0.375. The van der Waals surface area contributed by atoms with Gasteiger partial charge in [-0.15, -0.1) is 11.8 Å². The van der Waals surface area contributed by atoms with E-state index in [1.807, 2.05) is 6.92 Å². The first-order valence-corrected chi connectivity index (χ1v) is 12.7. The first-order valence-electron chi connectivity index (χ1n) is 11.3. The number of hydrogen-bond acceptors (Lipinski definition) is 7. The number of alkyl halides is 2. The lowest BCUT2D eigenvalue weighted by Gasteiger charge is -2.29. The molecule has 0 saturated carbocycles. The minimum Gasteiger partial charge on any atom is -0.327 e. The molecule has 2 aromatic carbocycles. The summed E-state index contributed by atoms with van der Waals surface area (Å²) < 4.78 is 47.5. The third-order valence-corrected chi connectivity index (χ3v) is 7.26. The van der Waals surface area contributed by atoms with Gasteiger partial charge in [-0.1, -0.05) is 28.9 Å². The Labute approximate surface area is 215 Å². The molecule has 192 valence electrons. The maximum atomic E-state index is 15.2. The predicted molar refractivity (Wildman–Crippen MR) is 134 cm³/mol. The zero-order valence-corrected chi connectivity index (χ0v) is 21.0. The average Bonchev–Trinajstić information content (AvgIpc) is 3.32. The molecule has 2 heterocycles. The van der Waals surface area contributed by atoms with Crippen LogP contribution in [0.1, 0.15) is 25.3 Å². The summed E-state index contributed by atoms with van der Waals surface area (Å²) >= 11 is 7.30. The van der Waals surface area contributed by atoms with Gasteiger partial charge in [-0.2, -0.15) is 4.98 Å². The van der Waals surface area contributed by atoms with Gasteiger partial charge in [0.05, 0.1) is 17.8 Å². The van der Waals surface area contributed by atoms with Gasteiger partial charge >= 0.3 is 6.01 Å². The van der Waals surface area contributed by atoms with Gasteiger partial charge in [0.25, 0.3) is 5.92 Å². The summed E-state index contributed by atoms with van der Waals surface area (Å²) in [5.74, 6) is -2.87. The molecule has 4 rings (SSSR count). The van der Waals surface area contributed by atoms with Crippen LogP contribution in [0.5, 0.6) is 0 Å². The molecule has 1 aliphatic rings. The van der Waals surface area contributed by atoms with Crippen molar-refractivity contribution in [2.24, 2.45) is 5.73 Å². The second kappa shape index (κ2) is 11.1. The van der Waals surface area contributed by atoms with Crippen molar-refractivity contribution in [1.29, 1.82) is 0 Å². The molecular formula is C24H25ClF3N5O2S. The van der Waals surface area contributed by atoms with E-state index in [-0.39, 0.29) is 55.9 Å². The predicted octanol–water partition coefficient (Wildman–Crippen LogP) is 5.37. The highest BCUT2D eigenvalue weighted by Gasteiger charge is 2.35. The third kappa shape index (κ3) is 6.32. The molecule has 1 fully saturated rings. The Hall–Kier alpha value is -2.76. The molecule has 2 N–H and O–H groups in total. The van der Waals surface area contributed by atoms with Crippen molar-refractivity contribution in [1.82, 2.24) is 10.1 Å². The van der Waals surface area contributed by atoms with E-state index in [4.69, 9.17) is 21.9 Å². The monoisotopic (exact) mass is 539 g/mol. The Morgan fingerprint density at radius 1 is 1.28 bits per heavy atom. The van der Waals surface area contributed by atoms with Crippen molar-refractivity contribution in [2.45, 2.75) is 43.2 Å². The van der Waals surface area contributed by atoms with E-state index in [1.165, 1.54) is 28.8 Å². The number of benzene rings is 2. The number of nitrogens with zero attached hydrogens (tertiary/aromatic N) is 4. The number of carbonyl (C=O) groups excluding carboxylic acids is 1. The van der Waals surface area contributed by atoms with Gasteiger partial charge in [-0.25, -0.2) is 13.2 Å². The number of aromatic nitrogens is 2. The molecule has 1 atom stereocenters. The lowest BCUT2D eigenvalue weighted by molar-refractivity contribution is -0.107. The van der Waals surface area contributed by atoms with Crippen LogP contribution in [0.2, 0.25) is 5.02 Å². The van der Waals surface area contributed by atoms with Gasteiger partial charge in [0.1, 0.15) is 5.82 Å². The molecule has 0 unspecified atom stereocenters. The number of nitrogens with two attached hydrogens (primary N) is 1. The molecule has 7 nitrogen and oxygen atoms in total. The molecule has 0 radical (unpaired) electrons. The maximum Gasteiger partial charge on any atom is 0.324 e. The summed E-state index contributed by atoms with van der Waals surface area (Å²) in [4.78, 5) is 19.9. The van der Waals surface area contributed by atoms with Gasteiger partial charge < -0.3 is 20.1 Å². The number of carbonyl (C=O) groups is 1. The second-order valence-corrected chi connectivity index (χ2v) is 10.2. The van der Waals surface area contributed by atoms with Crippen LogP contribution >= 0.6 is 23.4 Å². The molecule has 0 bridgehead atoms. The fourth-order valence-electron chi connectivity index (χ4n) is 3.72. The number of hydrogen-bond donors (Lipinski definition) is 1. The van der Waals surface area contributed by atoms with Gasteiger partial charge in [0.15, 0.2) is 0 Å². The van der Waals surface area contributed by atoms with Crippen molar-refractivity contribution in [2.75, 3.05) is 28.6 Å². The summed E-state index contributed by atoms with van der Waals surface area (Å²) in [5, 5.41) is 4.45. The van der Waals surface area contributed by atoms with Crippen LogP contribution in [0.3, 0.4) is 0 Å². The Morgan fingerprint density at radius 3 is 2.61 bits per heavy atom. The Balaban J connectivity index is 1.66. The summed E-state index contributed by atoms with van der Waals surface area (Å²) in [6, 6.07) is 9.74.